The Hall–Kier alpha value is -1.35. The Morgan fingerprint density at radius 3 is 3.00 bits per heavy atom. The van der Waals surface area contributed by atoms with Crippen LogP contribution >= 0.6 is 0 Å². The van der Waals surface area contributed by atoms with E-state index < -0.39 is 0 Å². The van der Waals surface area contributed by atoms with Gasteiger partial charge in [0.1, 0.15) is 0 Å². The molecule has 16 heavy (non-hydrogen) atoms. The van der Waals surface area contributed by atoms with Gasteiger partial charge in [0.2, 0.25) is 0 Å². The number of carbonyl (C=O) groups excluding carboxylic acids is 1. The summed E-state index contributed by atoms with van der Waals surface area (Å²) in [4.78, 5) is 13.9. The topological polar surface area (TPSA) is 40.5 Å². The third-order valence-corrected chi connectivity index (χ3v) is 3.03. The minimum atomic E-state index is 0.0346. The van der Waals surface area contributed by atoms with Crippen molar-refractivity contribution in [1.82, 2.24) is 4.90 Å². The zero-order valence-corrected chi connectivity index (χ0v) is 9.57. The van der Waals surface area contributed by atoms with E-state index in [1.165, 1.54) is 0 Å². The van der Waals surface area contributed by atoms with E-state index in [0.717, 1.165) is 36.1 Å². The number of aryl methyl sites for hydroxylation is 2. The number of hydrogen-bond acceptors (Lipinski definition) is 2. The number of rotatable bonds is 2. The second kappa shape index (κ2) is 4.66. The van der Waals surface area contributed by atoms with Crippen LogP contribution in [0.25, 0.3) is 0 Å². The van der Waals surface area contributed by atoms with Crippen LogP contribution in [0.4, 0.5) is 0 Å². The number of hydrogen-bond donors (Lipinski definition) is 1. The van der Waals surface area contributed by atoms with Crippen molar-refractivity contribution < 1.29 is 9.90 Å². The van der Waals surface area contributed by atoms with Gasteiger partial charge in [-0.3, -0.25) is 4.79 Å². The van der Waals surface area contributed by atoms with Gasteiger partial charge in [-0.2, -0.15) is 0 Å². The Morgan fingerprint density at radius 2 is 2.25 bits per heavy atom. The smallest absolute Gasteiger partial charge is 0.254 e. The third-order valence-electron chi connectivity index (χ3n) is 3.03. The van der Waals surface area contributed by atoms with Gasteiger partial charge < -0.3 is 10.0 Å². The van der Waals surface area contributed by atoms with Crippen molar-refractivity contribution >= 4 is 5.91 Å². The standard InChI is InChI=1S/C13H17NO2/c1-10-4-5-11-3-2-6-14(7-8-15)13(16)12(11)9-10/h4-5,9,15H,2-3,6-8H2,1H3. The number of aliphatic hydroxyl groups is 1. The molecule has 0 aromatic heterocycles. The van der Waals surface area contributed by atoms with Gasteiger partial charge in [0, 0.05) is 18.7 Å². The molecule has 1 aromatic rings. The van der Waals surface area contributed by atoms with Crippen LogP contribution in [0, 0.1) is 6.92 Å². The molecule has 0 saturated heterocycles. The van der Waals surface area contributed by atoms with Crippen LogP contribution in [0.1, 0.15) is 27.9 Å². The summed E-state index contributed by atoms with van der Waals surface area (Å²) in [6, 6.07) is 6.05. The average molecular weight is 219 g/mol. The molecule has 0 unspecified atom stereocenters. The molecule has 3 heteroatoms. The molecule has 0 atom stereocenters. The van der Waals surface area contributed by atoms with Crippen LogP contribution in [0.3, 0.4) is 0 Å². The van der Waals surface area contributed by atoms with Crippen LogP contribution in [0.15, 0.2) is 18.2 Å². The first-order valence-electron chi connectivity index (χ1n) is 5.72. The van der Waals surface area contributed by atoms with Crippen LogP contribution in [0.2, 0.25) is 0 Å². The average Bonchev–Trinajstić information content (AvgIpc) is 2.42. The fourth-order valence-electron chi connectivity index (χ4n) is 2.17. The third kappa shape index (κ3) is 2.09. The van der Waals surface area contributed by atoms with Crippen LogP contribution in [0.5, 0.6) is 0 Å². The number of amides is 1. The van der Waals surface area contributed by atoms with E-state index in [4.69, 9.17) is 5.11 Å². The maximum Gasteiger partial charge on any atom is 0.254 e. The maximum atomic E-state index is 12.2. The van der Waals surface area contributed by atoms with E-state index in [1.807, 2.05) is 25.1 Å². The minimum Gasteiger partial charge on any atom is -0.395 e. The Labute approximate surface area is 95.7 Å². The summed E-state index contributed by atoms with van der Waals surface area (Å²) in [5, 5.41) is 8.94. The van der Waals surface area contributed by atoms with Gasteiger partial charge in [-0.25, -0.2) is 0 Å². The SMILES string of the molecule is Cc1ccc2c(c1)C(=O)N(CCO)CCC2. The van der Waals surface area contributed by atoms with Crippen molar-refractivity contribution in [3.05, 3.63) is 34.9 Å². The fraction of sp³-hybridized carbons (Fsp3) is 0.462. The molecule has 1 aromatic carbocycles. The predicted octanol–water partition coefficient (Wildman–Crippen LogP) is 1.38. The van der Waals surface area contributed by atoms with Crippen LogP contribution < -0.4 is 0 Å². The van der Waals surface area contributed by atoms with E-state index in [1.54, 1.807) is 4.90 Å². The number of benzene rings is 1. The second-order valence-electron chi connectivity index (χ2n) is 4.28. The van der Waals surface area contributed by atoms with Gasteiger partial charge in [-0.05, 0) is 31.4 Å². The van der Waals surface area contributed by atoms with Gasteiger partial charge in [0.05, 0.1) is 6.61 Å². The first-order chi connectivity index (χ1) is 7.72. The highest BCUT2D eigenvalue weighted by Gasteiger charge is 2.21. The number of nitrogens with zero attached hydrogens (tertiary/aromatic N) is 1. The number of carbonyl (C=O) groups is 1. The lowest BCUT2D eigenvalue weighted by atomic mass is 10.0. The quantitative estimate of drug-likeness (QED) is 0.816. The van der Waals surface area contributed by atoms with Gasteiger partial charge in [0.15, 0.2) is 0 Å². The lowest BCUT2D eigenvalue weighted by Gasteiger charge is -2.19. The van der Waals surface area contributed by atoms with Crippen molar-refractivity contribution in [1.29, 1.82) is 0 Å². The Bertz CT molecular complexity index is 401. The molecule has 2 rings (SSSR count). The largest absolute Gasteiger partial charge is 0.395 e. The van der Waals surface area contributed by atoms with E-state index in [9.17, 15) is 4.79 Å². The Balaban J connectivity index is 2.35. The van der Waals surface area contributed by atoms with Gasteiger partial charge in [-0.1, -0.05) is 17.7 Å². The molecule has 0 saturated carbocycles. The zero-order valence-electron chi connectivity index (χ0n) is 9.57. The normalized spacial score (nSPS) is 15.9. The van der Waals surface area contributed by atoms with Crippen molar-refractivity contribution in [3.8, 4) is 0 Å². The van der Waals surface area contributed by atoms with Gasteiger partial charge in [-0.15, -0.1) is 0 Å². The minimum absolute atomic E-state index is 0.0346. The highest BCUT2D eigenvalue weighted by molar-refractivity contribution is 5.96. The van der Waals surface area contributed by atoms with Crippen LogP contribution in [-0.4, -0.2) is 35.6 Å². The summed E-state index contributed by atoms with van der Waals surface area (Å²) in [6.07, 6.45) is 1.92. The molecule has 0 aliphatic carbocycles. The highest BCUT2D eigenvalue weighted by Crippen LogP contribution is 2.19. The van der Waals surface area contributed by atoms with Gasteiger partial charge in [0.25, 0.3) is 5.91 Å². The molecule has 1 aliphatic heterocycles. The molecule has 1 heterocycles. The van der Waals surface area contributed by atoms with E-state index in [2.05, 4.69) is 0 Å². The van der Waals surface area contributed by atoms with E-state index >= 15 is 0 Å². The highest BCUT2D eigenvalue weighted by atomic mass is 16.3. The molecular weight excluding hydrogens is 202 g/mol. The van der Waals surface area contributed by atoms with Crippen molar-refractivity contribution in [2.75, 3.05) is 19.7 Å². The van der Waals surface area contributed by atoms with Crippen molar-refractivity contribution in [2.24, 2.45) is 0 Å². The number of aliphatic hydroxyl groups excluding tert-OH is 1. The van der Waals surface area contributed by atoms with Crippen LogP contribution in [-0.2, 0) is 6.42 Å². The molecule has 1 aliphatic rings. The summed E-state index contributed by atoms with van der Waals surface area (Å²) in [5.74, 6) is 0.0604. The summed E-state index contributed by atoms with van der Waals surface area (Å²) in [5.41, 5.74) is 3.06. The second-order valence-corrected chi connectivity index (χ2v) is 4.28. The monoisotopic (exact) mass is 219 g/mol. The molecule has 86 valence electrons. The molecule has 1 N–H and O–H groups in total. The van der Waals surface area contributed by atoms with Crippen molar-refractivity contribution in [3.63, 3.8) is 0 Å². The van der Waals surface area contributed by atoms with Gasteiger partial charge >= 0.3 is 0 Å². The zero-order chi connectivity index (χ0) is 11.5. The Kier molecular flexibility index (Phi) is 3.25. The fourth-order valence-corrected chi connectivity index (χ4v) is 2.17. The maximum absolute atomic E-state index is 12.2. The Morgan fingerprint density at radius 1 is 1.44 bits per heavy atom. The number of fused-ring (bicyclic) bond motifs is 1. The first kappa shape index (κ1) is 11.1. The first-order valence-corrected chi connectivity index (χ1v) is 5.72. The molecule has 1 amide bonds. The van der Waals surface area contributed by atoms with E-state index in [-0.39, 0.29) is 12.5 Å². The predicted molar refractivity (Wildman–Crippen MR) is 62.5 cm³/mol. The number of β-amino-alcohol motifs (C(OH)–C–C–N with tert-alkyl or cyclic N) is 1. The summed E-state index contributed by atoms with van der Waals surface area (Å²) in [6.45, 7) is 3.21. The molecule has 0 bridgehead atoms. The molecule has 0 radical (unpaired) electrons. The molecule has 3 nitrogen and oxygen atoms in total. The molecule has 0 spiro atoms. The summed E-state index contributed by atoms with van der Waals surface area (Å²) >= 11 is 0. The summed E-state index contributed by atoms with van der Waals surface area (Å²) < 4.78 is 0. The lowest BCUT2D eigenvalue weighted by Crippen LogP contribution is -2.33. The van der Waals surface area contributed by atoms with Crippen molar-refractivity contribution in [2.45, 2.75) is 19.8 Å². The summed E-state index contributed by atoms with van der Waals surface area (Å²) in [7, 11) is 0. The lowest BCUT2D eigenvalue weighted by molar-refractivity contribution is 0.0727. The molecular formula is C13H17NO2. The van der Waals surface area contributed by atoms with E-state index in [0.29, 0.717) is 6.54 Å². The molecule has 0 fully saturated rings.